The van der Waals surface area contributed by atoms with Gasteiger partial charge >= 0.3 is 0 Å². The fourth-order valence-corrected chi connectivity index (χ4v) is 11.5. The fourth-order valence-electron chi connectivity index (χ4n) is 11.5. The van der Waals surface area contributed by atoms with Crippen LogP contribution in [-0.2, 0) is 0 Å². The van der Waals surface area contributed by atoms with Gasteiger partial charge in [-0.15, -0.1) is 0 Å². The summed E-state index contributed by atoms with van der Waals surface area (Å²) in [5, 5.41) is 4.54. The van der Waals surface area contributed by atoms with E-state index in [0.717, 1.165) is 145 Å². The molecule has 12 aromatic carbocycles. The van der Waals surface area contributed by atoms with Crippen molar-refractivity contribution in [1.29, 1.82) is 0 Å². The molecule has 0 spiro atoms. The van der Waals surface area contributed by atoms with Crippen molar-refractivity contribution in [3.8, 4) is 112 Å². The standard InChI is InChI=1S/2C40H26N2O/c1-3-12-27(13-4-1)36-26-37(28-14-5-2-6-15-28)42-40(41-36)32-19-10-17-30(25-32)29-16-9-18-31(24-29)33-21-11-22-35-34-20-7-8-23-38(34)43-39(33)35;1-3-11-27(12-4-1)36-26-37(28-13-5-2-6-14-28)42-40(41-36)33-18-10-17-31(24-33)29-15-9-16-30(23-29)32-21-22-35-34-19-7-8-20-38(34)43-39(35)25-32/h2*1-26H. The summed E-state index contributed by atoms with van der Waals surface area (Å²) in [6.45, 7) is 0. The first-order chi connectivity index (χ1) is 42.6. The molecule has 0 amide bonds. The van der Waals surface area contributed by atoms with Gasteiger partial charge in [0.2, 0.25) is 0 Å². The second-order valence-electron chi connectivity index (χ2n) is 21.3. The summed E-state index contributed by atoms with van der Waals surface area (Å²) < 4.78 is 12.5. The molecule has 0 unspecified atom stereocenters. The fraction of sp³-hybridized carbons (Fsp3) is 0. The van der Waals surface area contributed by atoms with Gasteiger partial charge in [-0.2, -0.15) is 0 Å². The van der Waals surface area contributed by atoms with Gasteiger partial charge in [0.15, 0.2) is 11.6 Å². The lowest BCUT2D eigenvalue weighted by molar-refractivity contribution is 0.669. The van der Waals surface area contributed by atoms with Crippen molar-refractivity contribution in [2.75, 3.05) is 0 Å². The predicted octanol–water partition coefficient (Wildman–Crippen LogP) is 21.4. The Morgan fingerprint density at radius 2 is 0.500 bits per heavy atom. The zero-order valence-electron chi connectivity index (χ0n) is 46.6. The summed E-state index contributed by atoms with van der Waals surface area (Å²) >= 11 is 0. The average molecular weight is 1100 g/mol. The van der Waals surface area contributed by atoms with Gasteiger partial charge in [0.1, 0.15) is 22.3 Å². The van der Waals surface area contributed by atoms with E-state index in [9.17, 15) is 0 Å². The topological polar surface area (TPSA) is 77.8 Å². The Morgan fingerprint density at radius 1 is 0.186 bits per heavy atom. The maximum atomic E-state index is 6.34. The van der Waals surface area contributed by atoms with E-state index in [1.807, 2.05) is 103 Å². The molecular weight excluding hydrogens is 1050 g/mol. The van der Waals surface area contributed by atoms with Crippen molar-refractivity contribution in [1.82, 2.24) is 19.9 Å². The van der Waals surface area contributed by atoms with E-state index in [2.05, 4.69) is 212 Å². The van der Waals surface area contributed by atoms with Gasteiger partial charge in [-0.25, -0.2) is 19.9 Å². The lowest BCUT2D eigenvalue weighted by Crippen LogP contribution is -1.96. The number of fused-ring (bicyclic) bond motifs is 6. The third kappa shape index (κ3) is 10.3. The molecule has 0 N–H and O–H groups in total. The Morgan fingerprint density at radius 3 is 0.965 bits per heavy atom. The summed E-state index contributed by atoms with van der Waals surface area (Å²) in [7, 11) is 0. The highest BCUT2D eigenvalue weighted by Crippen LogP contribution is 2.39. The molecule has 0 aliphatic rings. The molecular formula is C80H52N4O2. The molecule has 0 saturated heterocycles. The van der Waals surface area contributed by atoms with Crippen LogP contribution in [-0.4, -0.2) is 19.9 Å². The molecule has 16 rings (SSSR count). The maximum absolute atomic E-state index is 6.34. The van der Waals surface area contributed by atoms with E-state index >= 15 is 0 Å². The van der Waals surface area contributed by atoms with E-state index in [1.165, 1.54) is 0 Å². The highest BCUT2D eigenvalue weighted by Gasteiger charge is 2.17. The van der Waals surface area contributed by atoms with Gasteiger partial charge in [0.25, 0.3) is 0 Å². The van der Waals surface area contributed by atoms with Crippen LogP contribution in [0.2, 0.25) is 0 Å². The molecule has 404 valence electrons. The Labute approximate surface area is 497 Å². The molecule has 16 aromatic rings. The van der Waals surface area contributed by atoms with Gasteiger partial charge in [0, 0.05) is 60.5 Å². The Kier molecular flexibility index (Phi) is 13.5. The molecule has 6 nitrogen and oxygen atoms in total. The lowest BCUT2D eigenvalue weighted by Gasteiger charge is -2.11. The van der Waals surface area contributed by atoms with E-state index in [1.54, 1.807) is 0 Å². The molecule has 0 saturated carbocycles. The number of benzene rings is 12. The maximum Gasteiger partial charge on any atom is 0.160 e. The second-order valence-corrected chi connectivity index (χ2v) is 21.3. The van der Waals surface area contributed by atoms with Crippen molar-refractivity contribution in [2.24, 2.45) is 0 Å². The van der Waals surface area contributed by atoms with Crippen molar-refractivity contribution in [3.63, 3.8) is 0 Å². The first-order valence-corrected chi connectivity index (χ1v) is 28.8. The molecule has 0 fully saturated rings. The van der Waals surface area contributed by atoms with Crippen molar-refractivity contribution >= 4 is 43.9 Å². The predicted molar refractivity (Wildman–Crippen MR) is 353 cm³/mol. The number of aromatic nitrogens is 4. The Balaban J connectivity index is 0.000000145. The number of rotatable bonds is 10. The number of hydrogen-bond donors (Lipinski definition) is 0. The monoisotopic (exact) mass is 1100 g/mol. The quantitative estimate of drug-likeness (QED) is 0.136. The van der Waals surface area contributed by atoms with Crippen molar-refractivity contribution < 1.29 is 8.83 Å². The smallest absolute Gasteiger partial charge is 0.160 e. The van der Waals surface area contributed by atoms with Gasteiger partial charge in [0.05, 0.1) is 22.8 Å². The zero-order valence-corrected chi connectivity index (χ0v) is 46.6. The van der Waals surface area contributed by atoms with E-state index in [0.29, 0.717) is 11.6 Å². The van der Waals surface area contributed by atoms with Crippen LogP contribution in [0.5, 0.6) is 0 Å². The number of hydrogen-bond acceptors (Lipinski definition) is 6. The van der Waals surface area contributed by atoms with E-state index < -0.39 is 0 Å². The second kappa shape index (κ2) is 22.6. The molecule has 6 heteroatoms. The normalized spacial score (nSPS) is 11.3. The summed E-state index contributed by atoms with van der Waals surface area (Å²) in [4.78, 5) is 20.1. The van der Waals surface area contributed by atoms with Crippen LogP contribution in [0.25, 0.3) is 156 Å². The minimum absolute atomic E-state index is 0.699. The molecule has 0 aliphatic carbocycles. The van der Waals surface area contributed by atoms with Crippen LogP contribution in [0.4, 0.5) is 0 Å². The summed E-state index contributed by atoms with van der Waals surface area (Å²) in [6.07, 6.45) is 0. The van der Waals surface area contributed by atoms with Crippen LogP contribution in [0.3, 0.4) is 0 Å². The number of para-hydroxylation sites is 3. The third-order valence-electron chi connectivity index (χ3n) is 15.8. The summed E-state index contributed by atoms with van der Waals surface area (Å²) in [5.74, 6) is 1.40. The van der Waals surface area contributed by atoms with Gasteiger partial charge in [-0.05, 0) is 99.6 Å². The van der Waals surface area contributed by atoms with Crippen LogP contribution < -0.4 is 0 Å². The number of nitrogens with zero attached hydrogens (tertiary/aromatic N) is 4. The SMILES string of the molecule is c1ccc(-c2cc(-c3ccccc3)nc(-c3cccc(-c4cccc(-c5ccc6c(c5)oc5ccccc56)c4)c3)n2)cc1.c1ccc(-c2cc(-c3ccccc3)nc(-c3cccc(-c4cccc(-c5cccc6c5oc5ccccc56)c4)c3)n2)cc1. The zero-order chi connectivity index (χ0) is 57.2. The van der Waals surface area contributed by atoms with Gasteiger partial charge in [-0.3, -0.25) is 0 Å². The van der Waals surface area contributed by atoms with Gasteiger partial charge in [-0.1, -0.05) is 255 Å². The van der Waals surface area contributed by atoms with Gasteiger partial charge < -0.3 is 8.83 Å². The molecule has 86 heavy (non-hydrogen) atoms. The van der Waals surface area contributed by atoms with Crippen molar-refractivity contribution in [2.45, 2.75) is 0 Å². The minimum atomic E-state index is 0.699. The summed E-state index contributed by atoms with van der Waals surface area (Å²) in [6, 6.07) is 109. The van der Waals surface area contributed by atoms with Crippen LogP contribution in [0, 0.1) is 0 Å². The third-order valence-corrected chi connectivity index (χ3v) is 15.8. The van der Waals surface area contributed by atoms with E-state index in [-0.39, 0.29) is 0 Å². The first kappa shape index (κ1) is 51.3. The first-order valence-electron chi connectivity index (χ1n) is 28.8. The summed E-state index contributed by atoms with van der Waals surface area (Å²) in [5.41, 5.74) is 22.3. The minimum Gasteiger partial charge on any atom is -0.456 e. The highest BCUT2D eigenvalue weighted by molar-refractivity contribution is 6.10. The molecule has 0 atom stereocenters. The largest absolute Gasteiger partial charge is 0.456 e. The molecule has 4 heterocycles. The molecule has 4 aromatic heterocycles. The van der Waals surface area contributed by atoms with E-state index in [4.69, 9.17) is 28.8 Å². The Bertz CT molecular complexity index is 5000. The van der Waals surface area contributed by atoms with Crippen LogP contribution in [0.1, 0.15) is 0 Å². The van der Waals surface area contributed by atoms with Crippen LogP contribution in [0.15, 0.2) is 324 Å². The highest BCUT2D eigenvalue weighted by atomic mass is 16.3. The number of furan rings is 2. The van der Waals surface area contributed by atoms with Crippen molar-refractivity contribution in [3.05, 3.63) is 315 Å². The molecule has 0 bridgehead atoms. The average Bonchev–Trinajstić information content (AvgIpc) is 2.42. The molecule has 0 aliphatic heterocycles. The molecule has 0 radical (unpaired) electrons. The Hall–Kier alpha value is -11.6. The lowest BCUT2D eigenvalue weighted by atomic mass is 9.96. The van der Waals surface area contributed by atoms with Crippen LogP contribution >= 0.6 is 0 Å².